The third-order valence-electron chi connectivity index (χ3n) is 4.46. The molecule has 0 aliphatic carbocycles. The van der Waals surface area contributed by atoms with Gasteiger partial charge in [0.2, 0.25) is 0 Å². The number of para-hydroxylation sites is 1. The average Bonchev–Trinajstić information content (AvgIpc) is 3.19. The van der Waals surface area contributed by atoms with Crippen molar-refractivity contribution in [1.82, 2.24) is 0 Å². The van der Waals surface area contributed by atoms with Crippen LogP contribution < -0.4 is 10.1 Å². The summed E-state index contributed by atoms with van der Waals surface area (Å²) in [5, 5.41) is 3.54. The van der Waals surface area contributed by atoms with Gasteiger partial charge in [0.25, 0.3) is 5.91 Å². The quantitative estimate of drug-likeness (QED) is 0.397. The third-order valence-corrected chi connectivity index (χ3v) is 4.96. The van der Waals surface area contributed by atoms with Crippen LogP contribution in [0.2, 0.25) is 0 Å². The number of halogens is 1. The number of anilines is 1. The SMILES string of the molecule is COc1cccc2cc(C(=O)Nc3ccc(Br)cc3C(=O)c3ccccc3)oc12. The number of methoxy groups -OCH3 is 1. The van der Waals surface area contributed by atoms with Crippen molar-refractivity contribution in [2.24, 2.45) is 0 Å². The van der Waals surface area contributed by atoms with E-state index in [1.54, 1.807) is 61.7 Å². The Morgan fingerprint density at radius 3 is 2.52 bits per heavy atom. The van der Waals surface area contributed by atoms with Crippen LogP contribution in [0, 0.1) is 0 Å². The molecule has 144 valence electrons. The lowest BCUT2D eigenvalue weighted by Crippen LogP contribution is -2.14. The lowest BCUT2D eigenvalue weighted by molar-refractivity contribution is 0.0998. The lowest BCUT2D eigenvalue weighted by Gasteiger charge is -2.10. The van der Waals surface area contributed by atoms with Crippen LogP contribution in [-0.2, 0) is 0 Å². The van der Waals surface area contributed by atoms with Crippen molar-refractivity contribution in [3.63, 3.8) is 0 Å². The van der Waals surface area contributed by atoms with Crippen LogP contribution in [0.25, 0.3) is 11.0 Å². The molecular formula is C23H16BrNO4. The van der Waals surface area contributed by atoms with Gasteiger partial charge in [-0.15, -0.1) is 0 Å². The largest absolute Gasteiger partial charge is 0.493 e. The third kappa shape index (κ3) is 3.79. The van der Waals surface area contributed by atoms with Crippen LogP contribution in [0.3, 0.4) is 0 Å². The van der Waals surface area contributed by atoms with Gasteiger partial charge < -0.3 is 14.5 Å². The Bertz CT molecular complexity index is 1210. The summed E-state index contributed by atoms with van der Waals surface area (Å²) in [6.45, 7) is 0. The maximum Gasteiger partial charge on any atom is 0.291 e. The second kappa shape index (κ2) is 7.93. The predicted molar refractivity (Wildman–Crippen MR) is 115 cm³/mol. The molecule has 1 amide bonds. The molecular weight excluding hydrogens is 434 g/mol. The van der Waals surface area contributed by atoms with Gasteiger partial charge in [-0.1, -0.05) is 58.4 Å². The summed E-state index contributed by atoms with van der Waals surface area (Å²) in [7, 11) is 1.54. The minimum absolute atomic E-state index is 0.130. The Morgan fingerprint density at radius 2 is 1.76 bits per heavy atom. The Kier molecular flexibility index (Phi) is 5.18. The zero-order valence-corrected chi connectivity index (χ0v) is 17.0. The molecule has 1 N–H and O–H groups in total. The Labute approximate surface area is 175 Å². The first-order valence-corrected chi connectivity index (χ1v) is 9.63. The van der Waals surface area contributed by atoms with Gasteiger partial charge in [0, 0.05) is 21.0 Å². The van der Waals surface area contributed by atoms with Gasteiger partial charge in [-0.3, -0.25) is 9.59 Å². The first kappa shape index (κ1) is 19.0. The molecule has 5 nitrogen and oxygen atoms in total. The molecule has 0 fully saturated rings. The van der Waals surface area contributed by atoms with Crippen LogP contribution in [0.4, 0.5) is 5.69 Å². The molecule has 0 radical (unpaired) electrons. The second-order valence-corrected chi connectivity index (χ2v) is 7.24. The van der Waals surface area contributed by atoms with Crippen LogP contribution in [-0.4, -0.2) is 18.8 Å². The molecule has 4 aromatic rings. The number of carbonyl (C=O) groups excluding carboxylic acids is 2. The van der Waals surface area contributed by atoms with Crippen molar-refractivity contribution in [1.29, 1.82) is 0 Å². The number of nitrogens with one attached hydrogen (secondary N) is 1. The molecule has 3 aromatic carbocycles. The number of carbonyl (C=O) groups is 2. The first-order valence-electron chi connectivity index (χ1n) is 8.84. The zero-order valence-electron chi connectivity index (χ0n) is 15.4. The van der Waals surface area contributed by atoms with Crippen molar-refractivity contribution in [3.8, 4) is 5.75 Å². The van der Waals surface area contributed by atoms with Gasteiger partial charge in [-0.05, 0) is 30.3 Å². The molecule has 0 saturated carbocycles. The number of furan rings is 1. The highest BCUT2D eigenvalue weighted by atomic mass is 79.9. The summed E-state index contributed by atoms with van der Waals surface area (Å²) < 4.78 is 11.7. The molecule has 29 heavy (non-hydrogen) atoms. The predicted octanol–water partition coefficient (Wildman–Crippen LogP) is 5.69. The van der Waals surface area contributed by atoms with E-state index >= 15 is 0 Å². The molecule has 6 heteroatoms. The fourth-order valence-electron chi connectivity index (χ4n) is 3.05. The molecule has 4 rings (SSSR count). The Morgan fingerprint density at radius 1 is 0.966 bits per heavy atom. The summed E-state index contributed by atoms with van der Waals surface area (Å²) >= 11 is 3.39. The highest BCUT2D eigenvalue weighted by Crippen LogP contribution is 2.30. The topological polar surface area (TPSA) is 68.5 Å². The summed E-state index contributed by atoms with van der Waals surface area (Å²) in [6, 6.07) is 21.1. The maximum atomic E-state index is 12.9. The molecule has 0 spiro atoms. The summed E-state index contributed by atoms with van der Waals surface area (Å²) in [5.41, 5.74) is 1.82. The molecule has 1 aromatic heterocycles. The molecule has 0 bridgehead atoms. The van der Waals surface area contributed by atoms with Crippen molar-refractivity contribution >= 4 is 44.3 Å². The first-order chi connectivity index (χ1) is 14.1. The maximum absolute atomic E-state index is 12.9. The van der Waals surface area contributed by atoms with Gasteiger partial charge in [-0.2, -0.15) is 0 Å². The fraction of sp³-hybridized carbons (Fsp3) is 0.0435. The Balaban J connectivity index is 1.68. The number of rotatable bonds is 5. The number of benzene rings is 3. The van der Waals surface area contributed by atoms with E-state index in [-0.39, 0.29) is 11.5 Å². The van der Waals surface area contributed by atoms with Crippen molar-refractivity contribution in [3.05, 3.63) is 94.2 Å². The minimum atomic E-state index is -0.451. The van der Waals surface area contributed by atoms with Crippen LogP contribution in [0.15, 0.2) is 81.7 Å². The van der Waals surface area contributed by atoms with Crippen molar-refractivity contribution in [2.45, 2.75) is 0 Å². The van der Waals surface area contributed by atoms with Crippen molar-refractivity contribution < 1.29 is 18.7 Å². The van der Waals surface area contributed by atoms with Gasteiger partial charge >= 0.3 is 0 Å². The molecule has 1 heterocycles. The van der Waals surface area contributed by atoms with E-state index in [9.17, 15) is 9.59 Å². The summed E-state index contributed by atoms with van der Waals surface area (Å²) in [4.78, 5) is 25.8. The van der Waals surface area contributed by atoms with Crippen LogP contribution in [0.1, 0.15) is 26.5 Å². The van der Waals surface area contributed by atoms with Gasteiger partial charge in [0.1, 0.15) is 0 Å². The second-order valence-electron chi connectivity index (χ2n) is 6.33. The van der Waals surface area contributed by atoms with Crippen LogP contribution in [0.5, 0.6) is 5.75 Å². The molecule has 0 unspecified atom stereocenters. The smallest absolute Gasteiger partial charge is 0.291 e. The zero-order chi connectivity index (χ0) is 20.4. The number of amides is 1. The normalized spacial score (nSPS) is 10.7. The van der Waals surface area contributed by atoms with Crippen molar-refractivity contribution in [2.75, 3.05) is 12.4 Å². The monoisotopic (exact) mass is 449 g/mol. The van der Waals surface area contributed by atoms with E-state index in [4.69, 9.17) is 9.15 Å². The Hall–Kier alpha value is -3.38. The van der Waals surface area contributed by atoms with E-state index < -0.39 is 5.91 Å². The summed E-state index contributed by atoms with van der Waals surface area (Å²) in [5.74, 6) is 0.0387. The van der Waals surface area contributed by atoms with Gasteiger partial charge in [-0.25, -0.2) is 0 Å². The average molecular weight is 450 g/mol. The molecule has 0 aliphatic heterocycles. The molecule has 0 aliphatic rings. The van der Waals surface area contributed by atoms with E-state index in [1.165, 1.54) is 0 Å². The van der Waals surface area contributed by atoms with E-state index in [0.29, 0.717) is 28.1 Å². The molecule has 0 atom stereocenters. The van der Waals surface area contributed by atoms with E-state index in [0.717, 1.165) is 9.86 Å². The highest BCUT2D eigenvalue weighted by molar-refractivity contribution is 9.10. The standard InChI is InChI=1S/C23H16BrNO4/c1-28-19-9-5-8-15-12-20(29-22(15)19)23(27)25-18-11-10-16(24)13-17(18)21(26)14-6-3-2-4-7-14/h2-13H,1H3,(H,25,27). The van der Waals surface area contributed by atoms with Gasteiger partial charge in [0.15, 0.2) is 22.9 Å². The number of ketones is 1. The van der Waals surface area contributed by atoms with E-state index in [2.05, 4.69) is 21.2 Å². The van der Waals surface area contributed by atoms with Gasteiger partial charge in [0.05, 0.1) is 12.8 Å². The van der Waals surface area contributed by atoms with E-state index in [1.807, 2.05) is 18.2 Å². The lowest BCUT2D eigenvalue weighted by atomic mass is 10.0. The number of hydrogen-bond donors (Lipinski definition) is 1. The van der Waals surface area contributed by atoms with Crippen LogP contribution >= 0.6 is 15.9 Å². The summed E-state index contributed by atoms with van der Waals surface area (Å²) in [6.07, 6.45) is 0. The number of ether oxygens (including phenoxy) is 1. The minimum Gasteiger partial charge on any atom is -0.493 e. The highest BCUT2D eigenvalue weighted by Gasteiger charge is 2.19. The number of fused-ring (bicyclic) bond motifs is 1. The number of hydrogen-bond acceptors (Lipinski definition) is 4. The fourth-order valence-corrected chi connectivity index (χ4v) is 3.41. The molecule has 0 saturated heterocycles.